The maximum Gasteiger partial charge on any atom is 0.231 e. The van der Waals surface area contributed by atoms with Crippen molar-refractivity contribution in [3.05, 3.63) is 11.7 Å². The fourth-order valence-electron chi connectivity index (χ4n) is 3.54. The van der Waals surface area contributed by atoms with Crippen LogP contribution in [-0.2, 0) is 4.74 Å². The van der Waals surface area contributed by atoms with Crippen LogP contribution < -0.4 is 5.32 Å². The Bertz CT molecular complexity index is 428. The molecule has 3 unspecified atom stereocenters. The Hall–Kier alpha value is -0.940. The monoisotopic (exact) mass is 249 g/mol. The minimum absolute atomic E-state index is 0.338. The van der Waals surface area contributed by atoms with Gasteiger partial charge in [-0.05, 0) is 38.6 Å². The molecule has 18 heavy (non-hydrogen) atoms. The van der Waals surface area contributed by atoms with Gasteiger partial charge in [0.05, 0.1) is 24.0 Å². The maximum absolute atomic E-state index is 5.86. The normalized spacial score (nSPS) is 39.3. The van der Waals surface area contributed by atoms with E-state index in [-0.39, 0.29) is 0 Å². The first-order valence-electron chi connectivity index (χ1n) is 7.10. The second-order valence-electron chi connectivity index (χ2n) is 5.75. The average Bonchev–Trinajstić information content (AvgIpc) is 3.15. The summed E-state index contributed by atoms with van der Waals surface area (Å²) in [5.74, 6) is 2.47. The molecule has 1 N–H and O–H groups in total. The third kappa shape index (κ3) is 1.77. The molecule has 5 nitrogen and oxygen atoms in total. The topological polar surface area (TPSA) is 60.2 Å². The van der Waals surface area contributed by atoms with Crippen molar-refractivity contribution >= 4 is 0 Å². The lowest BCUT2D eigenvalue weighted by atomic mass is 9.89. The SMILES string of the molecule is C1CNC[C@@H](c2nc(C3CC4CCC3O4)no2)C1. The summed E-state index contributed by atoms with van der Waals surface area (Å²) in [6.07, 6.45) is 6.57. The molecule has 0 amide bonds. The smallest absolute Gasteiger partial charge is 0.231 e. The van der Waals surface area contributed by atoms with E-state index in [0.29, 0.717) is 24.0 Å². The molecule has 3 aliphatic heterocycles. The van der Waals surface area contributed by atoms with E-state index in [1.807, 2.05) is 0 Å². The summed E-state index contributed by atoms with van der Waals surface area (Å²) in [6, 6.07) is 0. The molecule has 4 rings (SSSR count). The highest BCUT2D eigenvalue weighted by Crippen LogP contribution is 2.43. The Kier molecular flexibility index (Phi) is 2.62. The van der Waals surface area contributed by atoms with Gasteiger partial charge in [-0.2, -0.15) is 4.98 Å². The zero-order valence-corrected chi connectivity index (χ0v) is 10.5. The van der Waals surface area contributed by atoms with E-state index in [0.717, 1.165) is 44.1 Å². The van der Waals surface area contributed by atoms with E-state index < -0.39 is 0 Å². The fourth-order valence-corrected chi connectivity index (χ4v) is 3.54. The minimum Gasteiger partial charge on any atom is -0.374 e. The van der Waals surface area contributed by atoms with Crippen molar-refractivity contribution in [3.63, 3.8) is 0 Å². The van der Waals surface area contributed by atoms with Crippen LogP contribution in [-0.4, -0.2) is 35.4 Å². The van der Waals surface area contributed by atoms with Gasteiger partial charge >= 0.3 is 0 Å². The number of nitrogens with zero attached hydrogens (tertiary/aromatic N) is 2. The zero-order chi connectivity index (χ0) is 11.9. The first-order valence-corrected chi connectivity index (χ1v) is 7.10. The molecule has 0 saturated carbocycles. The van der Waals surface area contributed by atoms with E-state index in [1.54, 1.807) is 0 Å². The minimum atomic E-state index is 0.338. The first-order chi connectivity index (χ1) is 8.90. The van der Waals surface area contributed by atoms with E-state index in [9.17, 15) is 0 Å². The van der Waals surface area contributed by atoms with E-state index in [4.69, 9.17) is 9.26 Å². The third-order valence-corrected chi connectivity index (χ3v) is 4.54. The Morgan fingerprint density at radius 1 is 1.22 bits per heavy atom. The largest absolute Gasteiger partial charge is 0.374 e. The van der Waals surface area contributed by atoms with Crippen molar-refractivity contribution in [1.29, 1.82) is 0 Å². The number of rotatable bonds is 2. The molecule has 0 aliphatic carbocycles. The molecule has 4 heterocycles. The van der Waals surface area contributed by atoms with E-state index >= 15 is 0 Å². The van der Waals surface area contributed by atoms with Crippen LogP contribution in [0.1, 0.15) is 55.7 Å². The van der Waals surface area contributed by atoms with Gasteiger partial charge in [-0.3, -0.25) is 0 Å². The highest BCUT2D eigenvalue weighted by molar-refractivity contribution is 5.08. The molecular formula is C13H19N3O2. The lowest BCUT2D eigenvalue weighted by molar-refractivity contribution is 0.0996. The highest BCUT2D eigenvalue weighted by atomic mass is 16.5. The van der Waals surface area contributed by atoms with Crippen molar-refractivity contribution < 1.29 is 9.26 Å². The summed E-state index contributed by atoms with van der Waals surface area (Å²) in [5, 5.41) is 7.58. The average molecular weight is 249 g/mol. The molecule has 0 radical (unpaired) electrons. The van der Waals surface area contributed by atoms with Crippen molar-refractivity contribution in [2.24, 2.45) is 0 Å². The van der Waals surface area contributed by atoms with Crippen LogP contribution in [0.25, 0.3) is 0 Å². The molecule has 3 saturated heterocycles. The summed E-state index contributed by atoms with van der Waals surface area (Å²) < 4.78 is 11.3. The molecule has 3 fully saturated rings. The van der Waals surface area contributed by atoms with Gasteiger partial charge in [0, 0.05) is 6.54 Å². The molecule has 4 atom stereocenters. The van der Waals surface area contributed by atoms with Crippen molar-refractivity contribution in [2.75, 3.05) is 13.1 Å². The molecule has 0 spiro atoms. The number of piperidine rings is 1. The van der Waals surface area contributed by atoms with Crippen molar-refractivity contribution in [3.8, 4) is 0 Å². The third-order valence-electron chi connectivity index (χ3n) is 4.54. The predicted molar refractivity (Wildman–Crippen MR) is 64.4 cm³/mol. The number of fused-ring (bicyclic) bond motifs is 2. The van der Waals surface area contributed by atoms with Gasteiger partial charge < -0.3 is 14.6 Å². The van der Waals surface area contributed by atoms with Crippen LogP contribution in [0.4, 0.5) is 0 Å². The quantitative estimate of drug-likeness (QED) is 0.862. The summed E-state index contributed by atoms with van der Waals surface area (Å²) in [5.41, 5.74) is 0. The summed E-state index contributed by atoms with van der Waals surface area (Å²) in [7, 11) is 0. The van der Waals surface area contributed by atoms with E-state index in [1.165, 1.54) is 12.8 Å². The lowest BCUT2D eigenvalue weighted by Gasteiger charge is -2.19. The van der Waals surface area contributed by atoms with Crippen LogP contribution in [0.3, 0.4) is 0 Å². The molecule has 1 aromatic rings. The maximum atomic E-state index is 5.86. The molecule has 1 aromatic heterocycles. The van der Waals surface area contributed by atoms with Gasteiger partial charge in [-0.15, -0.1) is 0 Å². The number of hydrogen-bond donors (Lipinski definition) is 1. The zero-order valence-electron chi connectivity index (χ0n) is 10.5. The number of ether oxygens (including phenoxy) is 1. The summed E-state index contributed by atoms with van der Waals surface area (Å²) >= 11 is 0. The molecule has 98 valence electrons. The molecule has 2 bridgehead atoms. The second kappa shape index (κ2) is 4.31. The van der Waals surface area contributed by atoms with Crippen molar-refractivity contribution in [2.45, 2.75) is 56.1 Å². The van der Waals surface area contributed by atoms with Gasteiger partial charge in [0.25, 0.3) is 0 Å². The molecule has 0 aromatic carbocycles. The molecule has 3 aliphatic rings. The van der Waals surface area contributed by atoms with E-state index in [2.05, 4.69) is 15.5 Å². The van der Waals surface area contributed by atoms with Crippen LogP contribution in [0.5, 0.6) is 0 Å². The molecular weight excluding hydrogens is 230 g/mol. The van der Waals surface area contributed by atoms with Crippen LogP contribution in [0.2, 0.25) is 0 Å². The number of hydrogen-bond acceptors (Lipinski definition) is 5. The van der Waals surface area contributed by atoms with Gasteiger partial charge in [-0.1, -0.05) is 5.16 Å². The Morgan fingerprint density at radius 3 is 2.94 bits per heavy atom. The first kappa shape index (κ1) is 10.9. The Labute approximate surface area is 106 Å². The Balaban J connectivity index is 1.51. The van der Waals surface area contributed by atoms with Crippen LogP contribution >= 0.6 is 0 Å². The van der Waals surface area contributed by atoms with Crippen LogP contribution in [0.15, 0.2) is 4.52 Å². The fraction of sp³-hybridized carbons (Fsp3) is 0.846. The van der Waals surface area contributed by atoms with Gasteiger partial charge in [-0.25, -0.2) is 0 Å². The lowest BCUT2D eigenvalue weighted by Crippen LogP contribution is -2.28. The number of aromatic nitrogens is 2. The standard InChI is InChI=1S/C13H19N3O2/c1-2-8(7-14-5-1)13-15-12(16-18-13)10-6-9-3-4-11(10)17-9/h8-11,14H,1-7H2/t8-,9?,10?,11?/m0/s1. The molecule has 5 heteroatoms. The Morgan fingerprint density at radius 2 is 2.22 bits per heavy atom. The van der Waals surface area contributed by atoms with Crippen molar-refractivity contribution in [1.82, 2.24) is 15.5 Å². The highest BCUT2D eigenvalue weighted by Gasteiger charge is 2.43. The summed E-state index contributed by atoms with van der Waals surface area (Å²) in [4.78, 5) is 4.64. The number of nitrogens with one attached hydrogen (secondary N) is 1. The van der Waals surface area contributed by atoms with Gasteiger partial charge in [0.2, 0.25) is 5.89 Å². The van der Waals surface area contributed by atoms with Crippen LogP contribution in [0, 0.1) is 0 Å². The summed E-state index contributed by atoms with van der Waals surface area (Å²) in [6.45, 7) is 2.08. The van der Waals surface area contributed by atoms with Gasteiger partial charge in [0.15, 0.2) is 5.82 Å². The second-order valence-corrected chi connectivity index (χ2v) is 5.75. The predicted octanol–water partition coefficient (Wildman–Crippen LogP) is 1.57. The van der Waals surface area contributed by atoms with Gasteiger partial charge in [0.1, 0.15) is 0 Å².